The highest BCUT2D eigenvalue weighted by Crippen LogP contribution is 2.30. The van der Waals surface area contributed by atoms with E-state index in [0.717, 1.165) is 27.6 Å². The van der Waals surface area contributed by atoms with Gasteiger partial charge in [-0.2, -0.15) is 4.31 Å². The number of anilines is 1. The summed E-state index contributed by atoms with van der Waals surface area (Å²) in [6.07, 6.45) is 0.0355. The summed E-state index contributed by atoms with van der Waals surface area (Å²) in [7, 11) is -4.38. The van der Waals surface area contributed by atoms with Crippen LogP contribution in [0.15, 0.2) is 76.1 Å². The zero-order chi connectivity index (χ0) is 25.2. The van der Waals surface area contributed by atoms with E-state index in [9.17, 15) is 22.4 Å². The lowest BCUT2D eigenvalue weighted by molar-refractivity contribution is -0.151. The van der Waals surface area contributed by atoms with Crippen LogP contribution in [-0.4, -0.2) is 37.2 Å². The van der Waals surface area contributed by atoms with E-state index in [1.165, 1.54) is 12.1 Å². The highest BCUT2D eigenvalue weighted by molar-refractivity contribution is 9.10. The second-order valence-corrected chi connectivity index (χ2v) is 10.8. The van der Waals surface area contributed by atoms with Crippen LogP contribution in [0.5, 0.6) is 0 Å². The number of nitrogens with zero attached hydrogens (tertiary/aromatic N) is 1. The van der Waals surface area contributed by atoms with Crippen LogP contribution in [0.4, 0.5) is 10.1 Å². The third-order valence-electron chi connectivity index (χ3n) is 5.65. The Hall–Kier alpha value is -3.08. The Bertz CT molecular complexity index is 1400. The summed E-state index contributed by atoms with van der Waals surface area (Å²) >= 11 is 3.36. The van der Waals surface area contributed by atoms with Crippen LogP contribution >= 0.6 is 15.9 Å². The summed E-state index contributed by atoms with van der Waals surface area (Å²) in [5.41, 5.74) is 2.99. The van der Waals surface area contributed by atoms with Gasteiger partial charge in [0.25, 0.3) is 5.91 Å². The molecule has 0 radical (unpaired) electrons. The van der Waals surface area contributed by atoms with Crippen LogP contribution in [-0.2, 0) is 37.3 Å². The normalized spacial score (nSPS) is 15.8. The van der Waals surface area contributed by atoms with Crippen molar-refractivity contribution in [3.63, 3.8) is 0 Å². The molecule has 10 heteroatoms. The van der Waals surface area contributed by atoms with Crippen molar-refractivity contribution in [3.8, 4) is 0 Å². The van der Waals surface area contributed by atoms with E-state index in [0.29, 0.717) is 15.7 Å². The van der Waals surface area contributed by atoms with Gasteiger partial charge in [0.05, 0.1) is 5.69 Å². The second kappa shape index (κ2) is 10.3. The van der Waals surface area contributed by atoms with Gasteiger partial charge in [-0.1, -0.05) is 42.5 Å². The number of nitrogens with one attached hydrogen (secondary N) is 1. The Kier molecular flexibility index (Phi) is 7.34. The molecule has 1 atom stereocenters. The zero-order valence-corrected chi connectivity index (χ0v) is 21.1. The quantitative estimate of drug-likeness (QED) is 0.456. The van der Waals surface area contributed by atoms with Gasteiger partial charge in [0, 0.05) is 17.4 Å². The minimum Gasteiger partial charge on any atom is -0.454 e. The maximum absolute atomic E-state index is 14.4. The summed E-state index contributed by atoms with van der Waals surface area (Å²) in [4.78, 5) is 24.9. The van der Waals surface area contributed by atoms with Gasteiger partial charge in [-0.05, 0) is 63.8 Å². The maximum Gasteiger partial charge on any atom is 0.325 e. The molecule has 3 aromatic rings. The van der Waals surface area contributed by atoms with Gasteiger partial charge in [0.15, 0.2) is 6.61 Å². The zero-order valence-electron chi connectivity index (χ0n) is 18.7. The third-order valence-corrected chi connectivity index (χ3v) is 8.19. The van der Waals surface area contributed by atoms with Gasteiger partial charge in [-0.3, -0.25) is 9.59 Å². The molecule has 1 amide bonds. The molecular formula is C25H22BrFN2O5S. The molecule has 0 aromatic heterocycles. The van der Waals surface area contributed by atoms with Crippen molar-refractivity contribution in [2.24, 2.45) is 0 Å². The summed E-state index contributed by atoms with van der Waals surface area (Å²) < 4.78 is 48.0. The predicted molar refractivity (Wildman–Crippen MR) is 132 cm³/mol. The first-order valence-electron chi connectivity index (χ1n) is 10.7. The van der Waals surface area contributed by atoms with E-state index in [1.807, 2.05) is 19.1 Å². The first-order chi connectivity index (χ1) is 16.7. The molecule has 3 aromatic carbocycles. The molecule has 35 heavy (non-hydrogen) atoms. The SMILES string of the molecule is Cc1ccc(NC(=O)COC(=O)[C@H]2Cc3ccccc3CN2S(=O)(=O)c2ccccc2F)c(Br)c1. The molecule has 0 saturated carbocycles. The van der Waals surface area contributed by atoms with Crippen LogP contribution in [0.25, 0.3) is 0 Å². The van der Waals surface area contributed by atoms with Crippen LogP contribution in [0.1, 0.15) is 16.7 Å². The maximum atomic E-state index is 14.4. The second-order valence-electron chi connectivity index (χ2n) is 8.11. The third kappa shape index (κ3) is 5.44. The van der Waals surface area contributed by atoms with Gasteiger partial charge in [-0.25, -0.2) is 12.8 Å². The summed E-state index contributed by atoms with van der Waals surface area (Å²) in [5.74, 6) is -2.39. The number of hydrogen-bond donors (Lipinski definition) is 1. The van der Waals surface area contributed by atoms with Gasteiger partial charge in [-0.15, -0.1) is 0 Å². The average molecular weight is 561 g/mol. The minimum atomic E-state index is -4.38. The number of carbonyl (C=O) groups is 2. The molecular weight excluding hydrogens is 539 g/mol. The predicted octanol–water partition coefficient (Wildman–Crippen LogP) is 4.19. The van der Waals surface area contributed by atoms with Crippen molar-refractivity contribution in [1.29, 1.82) is 0 Å². The molecule has 1 aliphatic heterocycles. The van der Waals surface area contributed by atoms with E-state index in [-0.39, 0.29) is 13.0 Å². The molecule has 0 fully saturated rings. The number of fused-ring (bicyclic) bond motifs is 1. The Balaban J connectivity index is 1.55. The lowest BCUT2D eigenvalue weighted by atomic mass is 9.96. The fourth-order valence-corrected chi connectivity index (χ4v) is 6.09. The number of aryl methyl sites for hydroxylation is 1. The topological polar surface area (TPSA) is 92.8 Å². The van der Waals surface area contributed by atoms with Gasteiger partial charge in [0.2, 0.25) is 10.0 Å². The first-order valence-corrected chi connectivity index (χ1v) is 13.0. The molecule has 0 unspecified atom stereocenters. The minimum absolute atomic E-state index is 0.0355. The van der Waals surface area contributed by atoms with Gasteiger partial charge >= 0.3 is 5.97 Å². The number of amides is 1. The smallest absolute Gasteiger partial charge is 0.325 e. The molecule has 7 nitrogen and oxygen atoms in total. The van der Waals surface area contributed by atoms with Crippen LogP contribution in [0.2, 0.25) is 0 Å². The first kappa shape index (κ1) is 25.0. The Morgan fingerprint density at radius 3 is 2.49 bits per heavy atom. The fraction of sp³-hybridized carbons (Fsp3) is 0.200. The van der Waals surface area contributed by atoms with Gasteiger partial charge in [0.1, 0.15) is 16.8 Å². The number of carbonyl (C=O) groups excluding carboxylic acids is 2. The van der Waals surface area contributed by atoms with Crippen LogP contribution in [0.3, 0.4) is 0 Å². The number of ether oxygens (including phenoxy) is 1. The summed E-state index contributed by atoms with van der Waals surface area (Å²) in [6, 6.07) is 16.2. The molecule has 1 heterocycles. The number of benzene rings is 3. The largest absolute Gasteiger partial charge is 0.454 e. The summed E-state index contributed by atoms with van der Waals surface area (Å²) in [6.45, 7) is 1.17. The Morgan fingerprint density at radius 1 is 1.09 bits per heavy atom. The highest BCUT2D eigenvalue weighted by atomic mass is 79.9. The highest BCUT2D eigenvalue weighted by Gasteiger charge is 2.41. The number of halogens is 2. The molecule has 0 aliphatic carbocycles. The molecule has 0 bridgehead atoms. The molecule has 0 spiro atoms. The fourth-order valence-electron chi connectivity index (χ4n) is 3.87. The van der Waals surface area contributed by atoms with Crippen molar-refractivity contribution < 1.29 is 27.1 Å². The molecule has 1 N–H and O–H groups in total. The standard InChI is InChI=1S/C25H22BrFN2O5S/c1-16-10-11-21(19(26)12-16)28-24(30)15-34-25(31)22-13-17-6-2-3-7-18(17)14-29(22)35(32,33)23-9-5-4-8-20(23)27/h2-12,22H,13-15H2,1H3,(H,28,30)/t22-/m1/s1. The van der Waals surface area contributed by atoms with E-state index in [4.69, 9.17) is 4.74 Å². The van der Waals surface area contributed by atoms with E-state index < -0.39 is 45.3 Å². The average Bonchev–Trinajstić information content (AvgIpc) is 2.83. The van der Waals surface area contributed by atoms with Crippen LogP contribution < -0.4 is 5.32 Å². The van der Waals surface area contributed by atoms with Gasteiger partial charge < -0.3 is 10.1 Å². The molecule has 1 aliphatic rings. The Labute approximate surface area is 211 Å². The number of hydrogen-bond acceptors (Lipinski definition) is 5. The van der Waals surface area contributed by atoms with Crippen molar-refractivity contribution in [3.05, 3.63) is 93.7 Å². The van der Waals surface area contributed by atoms with Crippen molar-refractivity contribution >= 4 is 43.5 Å². The lowest BCUT2D eigenvalue weighted by Crippen LogP contribution is -2.49. The number of rotatable bonds is 6. The molecule has 182 valence electrons. The van der Waals surface area contributed by atoms with Crippen molar-refractivity contribution in [1.82, 2.24) is 4.31 Å². The van der Waals surface area contributed by atoms with E-state index in [1.54, 1.807) is 30.3 Å². The monoisotopic (exact) mass is 560 g/mol. The number of sulfonamides is 1. The van der Waals surface area contributed by atoms with E-state index >= 15 is 0 Å². The van der Waals surface area contributed by atoms with Crippen molar-refractivity contribution in [2.75, 3.05) is 11.9 Å². The molecule has 0 saturated heterocycles. The summed E-state index contributed by atoms with van der Waals surface area (Å²) in [5, 5.41) is 2.64. The number of esters is 1. The Morgan fingerprint density at radius 2 is 1.77 bits per heavy atom. The van der Waals surface area contributed by atoms with E-state index in [2.05, 4.69) is 21.2 Å². The van der Waals surface area contributed by atoms with Crippen molar-refractivity contribution in [2.45, 2.75) is 30.8 Å². The lowest BCUT2D eigenvalue weighted by Gasteiger charge is -2.34. The molecule has 4 rings (SSSR count). The van der Waals surface area contributed by atoms with Crippen LogP contribution in [0, 0.1) is 12.7 Å².